The quantitative estimate of drug-likeness (QED) is 0.650. The average molecular weight is 424 g/mol. The van der Waals surface area contributed by atoms with E-state index in [0.717, 1.165) is 73.0 Å². The maximum atomic E-state index is 5.97. The van der Waals surface area contributed by atoms with Gasteiger partial charge in [0.1, 0.15) is 29.7 Å². The predicted octanol–water partition coefficient (Wildman–Crippen LogP) is 3.44. The van der Waals surface area contributed by atoms with Crippen molar-refractivity contribution in [1.82, 2.24) is 20.2 Å². The first-order valence-electron chi connectivity index (χ1n) is 10.9. The molecule has 0 radical (unpaired) electrons. The van der Waals surface area contributed by atoms with E-state index in [-0.39, 0.29) is 6.10 Å². The third-order valence-corrected chi connectivity index (χ3v) is 6.50. The largest absolute Gasteiger partial charge is 0.488 e. The van der Waals surface area contributed by atoms with Gasteiger partial charge in [0.25, 0.3) is 0 Å². The first kappa shape index (κ1) is 20.2. The number of nitrogens with one attached hydrogen (secondary N) is 1. The summed E-state index contributed by atoms with van der Waals surface area (Å²) in [6.07, 6.45) is 5.09. The van der Waals surface area contributed by atoms with Crippen LogP contribution in [0, 0.1) is 5.41 Å². The Labute approximate surface area is 181 Å². The molecule has 8 heteroatoms. The van der Waals surface area contributed by atoms with Gasteiger partial charge in [-0.05, 0) is 49.8 Å². The second kappa shape index (κ2) is 8.43. The minimum absolute atomic E-state index is 0.0314. The second-order valence-electron chi connectivity index (χ2n) is 8.71. The Hall–Kier alpha value is -2.71. The average Bonchev–Trinajstić information content (AvgIpc) is 3.41. The standard InChI is InChI=1S/C23H29N5O3/c1-16(13-29-2)31-17-3-4-19-18(11-17)22(27-26-19)20-12-21(25-15-24-20)28-8-5-23(6-9-28)7-10-30-14-23/h3-4,11-12,15-16H,5-10,13-14H2,1-2H3,(H,26,27)/t16-/m0/s1. The van der Waals surface area contributed by atoms with E-state index in [2.05, 4.69) is 25.1 Å². The number of hydrogen-bond acceptors (Lipinski definition) is 7. The molecular formula is C23H29N5O3. The zero-order chi connectivity index (χ0) is 21.3. The molecule has 164 valence electrons. The molecule has 0 saturated carbocycles. The van der Waals surface area contributed by atoms with Crippen molar-refractivity contribution in [2.24, 2.45) is 5.41 Å². The molecule has 0 unspecified atom stereocenters. The molecule has 8 nitrogen and oxygen atoms in total. The van der Waals surface area contributed by atoms with Crippen molar-refractivity contribution in [3.63, 3.8) is 0 Å². The van der Waals surface area contributed by atoms with E-state index in [4.69, 9.17) is 14.2 Å². The summed E-state index contributed by atoms with van der Waals surface area (Å²) in [6, 6.07) is 7.97. The van der Waals surface area contributed by atoms with Gasteiger partial charge in [0.05, 0.1) is 24.4 Å². The zero-order valence-electron chi connectivity index (χ0n) is 18.1. The lowest BCUT2D eigenvalue weighted by atomic mass is 9.78. The monoisotopic (exact) mass is 423 g/mol. The number of H-pyrrole nitrogens is 1. The van der Waals surface area contributed by atoms with Crippen molar-refractivity contribution < 1.29 is 14.2 Å². The van der Waals surface area contributed by atoms with Crippen LogP contribution in [0.15, 0.2) is 30.6 Å². The number of benzene rings is 1. The molecule has 1 spiro atoms. The first-order chi connectivity index (χ1) is 15.2. The number of rotatable bonds is 6. The number of anilines is 1. The molecule has 0 bridgehead atoms. The first-order valence-corrected chi connectivity index (χ1v) is 10.9. The molecule has 0 amide bonds. The van der Waals surface area contributed by atoms with Gasteiger partial charge in [-0.1, -0.05) is 0 Å². The van der Waals surface area contributed by atoms with Crippen LogP contribution in [-0.4, -0.2) is 66.3 Å². The molecule has 0 aliphatic carbocycles. The highest BCUT2D eigenvalue weighted by atomic mass is 16.5. The van der Waals surface area contributed by atoms with Gasteiger partial charge >= 0.3 is 0 Å². The van der Waals surface area contributed by atoms with Gasteiger partial charge in [-0.25, -0.2) is 9.97 Å². The van der Waals surface area contributed by atoms with Crippen molar-refractivity contribution in [3.8, 4) is 17.1 Å². The molecule has 2 aromatic heterocycles. The Morgan fingerprint density at radius 2 is 2.06 bits per heavy atom. The molecule has 1 aromatic carbocycles. The smallest absolute Gasteiger partial charge is 0.132 e. The molecule has 31 heavy (non-hydrogen) atoms. The van der Waals surface area contributed by atoms with Crippen molar-refractivity contribution in [3.05, 3.63) is 30.6 Å². The SMILES string of the molecule is COC[C@H](C)Oc1ccc2[nH]nc(-c3cc(N4CCC5(CCOC5)CC4)ncn3)c2c1. The second-order valence-corrected chi connectivity index (χ2v) is 8.71. The Balaban J connectivity index is 1.38. The van der Waals surface area contributed by atoms with Crippen LogP contribution in [-0.2, 0) is 9.47 Å². The zero-order valence-corrected chi connectivity index (χ0v) is 18.1. The van der Waals surface area contributed by atoms with E-state index in [1.54, 1.807) is 13.4 Å². The summed E-state index contributed by atoms with van der Waals surface area (Å²) in [5.74, 6) is 1.74. The molecule has 2 aliphatic heterocycles. The van der Waals surface area contributed by atoms with Crippen LogP contribution in [0.5, 0.6) is 5.75 Å². The van der Waals surface area contributed by atoms with E-state index in [1.807, 2.05) is 31.2 Å². The van der Waals surface area contributed by atoms with Crippen LogP contribution in [0.25, 0.3) is 22.3 Å². The van der Waals surface area contributed by atoms with E-state index < -0.39 is 0 Å². The molecule has 2 fully saturated rings. The third-order valence-electron chi connectivity index (χ3n) is 6.50. The van der Waals surface area contributed by atoms with Gasteiger partial charge in [-0.15, -0.1) is 0 Å². The molecule has 1 N–H and O–H groups in total. The molecule has 1 atom stereocenters. The van der Waals surface area contributed by atoms with E-state index in [9.17, 15) is 0 Å². The predicted molar refractivity (Wildman–Crippen MR) is 118 cm³/mol. The molecule has 5 rings (SSSR count). The lowest BCUT2D eigenvalue weighted by molar-refractivity contribution is 0.0922. The van der Waals surface area contributed by atoms with Crippen molar-refractivity contribution in [2.45, 2.75) is 32.3 Å². The minimum Gasteiger partial charge on any atom is -0.488 e. The number of piperidine rings is 1. The number of ether oxygens (including phenoxy) is 3. The van der Waals surface area contributed by atoms with Crippen LogP contribution in [0.3, 0.4) is 0 Å². The number of fused-ring (bicyclic) bond motifs is 1. The fourth-order valence-electron chi connectivity index (χ4n) is 4.67. The molecule has 2 saturated heterocycles. The van der Waals surface area contributed by atoms with E-state index in [0.29, 0.717) is 12.0 Å². The number of nitrogens with zero attached hydrogens (tertiary/aromatic N) is 4. The summed E-state index contributed by atoms with van der Waals surface area (Å²) in [7, 11) is 1.67. The maximum Gasteiger partial charge on any atom is 0.132 e. The van der Waals surface area contributed by atoms with Crippen molar-refractivity contribution in [2.75, 3.05) is 44.9 Å². The van der Waals surface area contributed by atoms with Gasteiger partial charge in [-0.3, -0.25) is 5.10 Å². The van der Waals surface area contributed by atoms with E-state index >= 15 is 0 Å². The Morgan fingerprint density at radius 3 is 2.84 bits per heavy atom. The highest BCUT2D eigenvalue weighted by molar-refractivity contribution is 5.93. The Kier molecular flexibility index (Phi) is 5.50. The van der Waals surface area contributed by atoms with Gasteiger partial charge in [0.2, 0.25) is 0 Å². The summed E-state index contributed by atoms with van der Waals surface area (Å²) >= 11 is 0. The topological polar surface area (TPSA) is 85.4 Å². The number of aromatic nitrogens is 4. The summed E-state index contributed by atoms with van der Waals surface area (Å²) in [5, 5.41) is 8.62. The molecule has 4 heterocycles. The van der Waals surface area contributed by atoms with Crippen LogP contribution >= 0.6 is 0 Å². The lowest BCUT2D eigenvalue weighted by Crippen LogP contribution is -2.40. The summed E-state index contributed by atoms with van der Waals surface area (Å²) < 4.78 is 16.8. The lowest BCUT2D eigenvalue weighted by Gasteiger charge is -2.38. The molecule has 3 aromatic rings. The van der Waals surface area contributed by atoms with Gasteiger partial charge in [0, 0.05) is 38.3 Å². The van der Waals surface area contributed by atoms with Gasteiger partial charge < -0.3 is 19.1 Å². The number of aromatic amines is 1. The summed E-state index contributed by atoms with van der Waals surface area (Å²) in [4.78, 5) is 11.4. The number of methoxy groups -OCH3 is 1. The number of hydrogen-bond donors (Lipinski definition) is 1. The van der Waals surface area contributed by atoms with Crippen molar-refractivity contribution >= 4 is 16.7 Å². The van der Waals surface area contributed by atoms with E-state index in [1.165, 1.54) is 6.42 Å². The molecular weight excluding hydrogens is 394 g/mol. The highest BCUT2D eigenvalue weighted by Crippen LogP contribution is 2.40. The maximum absolute atomic E-state index is 5.97. The normalized spacial score (nSPS) is 19.2. The summed E-state index contributed by atoms with van der Waals surface area (Å²) in [6.45, 7) is 6.32. The minimum atomic E-state index is -0.0314. The fourth-order valence-corrected chi connectivity index (χ4v) is 4.67. The van der Waals surface area contributed by atoms with Crippen LogP contribution < -0.4 is 9.64 Å². The summed E-state index contributed by atoms with van der Waals surface area (Å²) in [5.41, 5.74) is 2.94. The van der Waals surface area contributed by atoms with Crippen LogP contribution in [0.2, 0.25) is 0 Å². The van der Waals surface area contributed by atoms with Gasteiger partial charge in [0.15, 0.2) is 0 Å². The fraction of sp³-hybridized carbons (Fsp3) is 0.522. The van der Waals surface area contributed by atoms with Crippen LogP contribution in [0.1, 0.15) is 26.2 Å². The van der Waals surface area contributed by atoms with Gasteiger partial charge in [-0.2, -0.15) is 5.10 Å². The highest BCUT2D eigenvalue weighted by Gasteiger charge is 2.38. The third kappa shape index (κ3) is 4.09. The van der Waals surface area contributed by atoms with Crippen LogP contribution in [0.4, 0.5) is 5.82 Å². The Morgan fingerprint density at radius 1 is 1.19 bits per heavy atom. The van der Waals surface area contributed by atoms with Crippen molar-refractivity contribution in [1.29, 1.82) is 0 Å². The Bertz CT molecular complexity index is 1040. The molecule has 2 aliphatic rings.